The molecule has 0 atom stereocenters. The third kappa shape index (κ3) is 4.54. The zero-order valence-corrected chi connectivity index (χ0v) is 14.2. The largest absolute Gasteiger partial charge is 0.324 e. The van der Waals surface area contributed by atoms with Crippen LogP contribution in [0.5, 0.6) is 0 Å². The van der Waals surface area contributed by atoms with E-state index >= 15 is 0 Å². The quantitative estimate of drug-likeness (QED) is 0.498. The van der Waals surface area contributed by atoms with Crippen molar-refractivity contribution < 1.29 is 14.5 Å². The topological polar surface area (TPSA) is 137 Å². The number of rotatable bonds is 6. The van der Waals surface area contributed by atoms with Crippen LogP contribution in [-0.4, -0.2) is 36.3 Å². The maximum Gasteiger partial charge on any atom is 0.307 e. The molecular formula is C16H15N7O4. The Hall–Kier alpha value is -4.02. The van der Waals surface area contributed by atoms with Crippen molar-refractivity contribution in [2.75, 3.05) is 10.6 Å². The zero-order valence-electron chi connectivity index (χ0n) is 14.2. The Bertz CT molecular complexity index is 990. The molecule has 0 fully saturated rings. The first-order valence-corrected chi connectivity index (χ1v) is 7.78. The van der Waals surface area contributed by atoms with Gasteiger partial charge < -0.3 is 10.6 Å². The van der Waals surface area contributed by atoms with Crippen LogP contribution in [0, 0.1) is 10.1 Å². The van der Waals surface area contributed by atoms with Crippen LogP contribution in [-0.2, 0) is 18.4 Å². The zero-order chi connectivity index (χ0) is 19.4. The Balaban J connectivity index is 1.55. The summed E-state index contributed by atoms with van der Waals surface area (Å²) in [4.78, 5) is 34.0. The third-order valence-electron chi connectivity index (χ3n) is 3.51. The van der Waals surface area contributed by atoms with Crippen molar-refractivity contribution in [2.45, 2.75) is 6.54 Å². The summed E-state index contributed by atoms with van der Waals surface area (Å²) in [5.41, 5.74) is 1.17. The van der Waals surface area contributed by atoms with Crippen molar-refractivity contribution >= 4 is 28.9 Å². The molecule has 27 heavy (non-hydrogen) atoms. The highest BCUT2D eigenvalue weighted by molar-refractivity contribution is 6.03. The van der Waals surface area contributed by atoms with Crippen LogP contribution in [0.3, 0.4) is 0 Å². The van der Waals surface area contributed by atoms with E-state index in [1.54, 1.807) is 43.6 Å². The number of aryl methyl sites for hydroxylation is 1. The summed E-state index contributed by atoms with van der Waals surface area (Å²) in [6.45, 7) is -0.161. The minimum Gasteiger partial charge on any atom is -0.324 e. The molecule has 2 aromatic heterocycles. The summed E-state index contributed by atoms with van der Waals surface area (Å²) >= 11 is 0. The van der Waals surface area contributed by atoms with Gasteiger partial charge >= 0.3 is 5.69 Å². The Morgan fingerprint density at radius 3 is 2.37 bits per heavy atom. The molecule has 11 nitrogen and oxygen atoms in total. The standard InChI is InChI=1S/C16H15N7O4/c1-21-7-6-14(20-21)16(25)19-12-4-2-11(3-5-12)18-15(24)10-22-9-13(8-17-22)23(26)27/h2-9H,10H2,1H3,(H,18,24)(H,19,25). The Morgan fingerprint density at radius 2 is 1.81 bits per heavy atom. The molecule has 0 bridgehead atoms. The molecule has 0 aliphatic rings. The molecule has 11 heteroatoms. The Kier molecular flexibility index (Phi) is 4.92. The van der Waals surface area contributed by atoms with Crippen molar-refractivity contribution in [2.24, 2.45) is 7.05 Å². The van der Waals surface area contributed by atoms with Crippen molar-refractivity contribution in [1.82, 2.24) is 19.6 Å². The first-order valence-electron chi connectivity index (χ1n) is 7.78. The summed E-state index contributed by atoms with van der Waals surface area (Å²) in [6, 6.07) is 8.11. The lowest BCUT2D eigenvalue weighted by Crippen LogP contribution is -2.19. The van der Waals surface area contributed by atoms with Crippen LogP contribution >= 0.6 is 0 Å². The lowest BCUT2D eigenvalue weighted by molar-refractivity contribution is -0.385. The van der Waals surface area contributed by atoms with Gasteiger partial charge in [0.05, 0.1) is 4.92 Å². The number of amides is 2. The molecular weight excluding hydrogens is 354 g/mol. The minimum absolute atomic E-state index is 0.161. The van der Waals surface area contributed by atoms with Gasteiger partial charge in [0.2, 0.25) is 5.91 Å². The SMILES string of the molecule is Cn1ccc(C(=O)Nc2ccc(NC(=O)Cn3cc([N+](=O)[O-])cn3)cc2)n1. The van der Waals surface area contributed by atoms with Crippen molar-refractivity contribution in [3.63, 3.8) is 0 Å². The van der Waals surface area contributed by atoms with E-state index in [1.165, 1.54) is 15.6 Å². The van der Waals surface area contributed by atoms with E-state index in [0.29, 0.717) is 17.1 Å². The lowest BCUT2D eigenvalue weighted by atomic mass is 10.2. The second-order valence-electron chi connectivity index (χ2n) is 5.61. The first kappa shape index (κ1) is 17.8. The molecule has 0 aliphatic heterocycles. The highest BCUT2D eigenvalue weighted by Gasteiger charge is 2.12. The summed E-state index contributed by atoms with van der Waals surface area (Å²) in [5.74, 6) is -0.731. The van der Waals surface area contributed by atoms with E-state index in [-0.39, 0.29) is 18.1 Å². The van der Waals surface area contributed by atoms with Gasteiger partial charge in [-0.1, -0.05) is 0 Å². The van der Waals surface area contributed by atoms with Gasteiger partial charge in [-0.05, 0) is 30.3 Å². The van der Waals surface area contributed by atoms with Gasteiger partial charge in [0.25, 0.3) is 5.91 Å². The van der Waals surface area contributed by atoms with Gasteiger partial charge in [0.1, 0.15) is 18.9 Å². The molecule has 0 radical (unpaired) electrons. The van der Waals surface area contributed by atoms with Crippen molar-refractivity contribution in [3.8, 4) is 0 Å². The van der Waals surface area contributed by atoms with E-state index in [0.717, 1.165) is 6.20 Å². The smallest absolute Gasteiger partial charge is 0.307 e. The monoisotopic (exact) mass is 369 g/mol. The second kappa shape index (κ2) is 7.47. The second-order valence-corrected chi connectivity index (χ2v) is 5.61. The number of nitrogens with zero attached hydrogens (tertiary/aromatic N) is 5. The lowest BCUT2D eigenvalue weighted by Gasteiger charge is -2.07. The molecule has 0 aliphatic carbocycles. The van der Waals surface area contributed by atoms with Crippen LogP contribution < -0.4 is 10.6 Å². The van der Waals surface area contributed by atoms with Gasteiger partial charge in [-0.25, -0.2) is 0 Å². The van der Waals surface area contributed by atoms with Gasteiger partial charge in [-0.15, -0.1) is 0 Å². The highest BCUT2D eigenvalue weighted by Crippen LogP contribution is 2.15. The van der Waals surface area contributed by atoms with Gasteiger partial charge in [0, 0.05) is 24.6 Å². The van der Waals surface area contributed by atoms with E-state index < -0.39 is 10.8 Å². The maximum absolute atomic E-state index is 12.0. The fourth-order valence-electron chi connectivity index (χ4n) is 2.25. The number of aromatic nitrogens is 4. The molecule has 2 amide bonds. The van der Waals surface area contributed by atoms with Crippen LogP contribution in [0.2, 0.25) is 0 Å². The maximum atomic E-state index is 12.0. The van der Waals surface area contributed by atoms with Gasteiger partial charge in [-0.2, -0.15) is 10.2 Å². The number of carbonyl (C=O) groups is 2. The minimum atomic E-state index is -0.584. The molecule has 1 aromatic carbocycles. The summed E-state index contributed by atoms with van der Waals surface area (Å²) in [5, 5.41) is 23.7. The fraction of sp³-hybridized carbons (Fsp3) is 0.125. The molecule has 2 N–H and O–H groups in total. The molecule has 138 valence electrons. The molecule has 3 rings (SSSR count). The molecule has 0 unspecified atom stereocenters. The summed E-state index contributed by atoms with van der Waals surface area (Å²) < 4.78 is 2.71. The molecule has 0 saturated carbocycles. The number of nitrogens with one attached hydrogen (secondary N) is 2. The molecule has 2 heterocycles. The number of hydrogen-bond donors (Lipinski definition) is 2. The number of nitro groups is 1. The Labute approximate surface area is 152 Å². The average Bonchev–Trinajstić information content (AvgIpc) is 3.26. The number of benzene rings is 1. The van der Waals surface area contributed by atoms with Crippen LogP contribution in [0.4, 0.5) is 17.1 Å². The average molecular weight is 369 g/mol. The number of anilines is 2. The molecule has 0 saturated heterocycles. The van der Waals surface area contributed by atoms with Gasteiger partial charge in [-0.3, -0.25) is 29.1 Å². The van der Waals surface area contributed by atoms with E-state index in [9.17, 15) is 19.7 Å². The van der Waals surface area contributed by atoms with E-state index in [1.807, 2.05) is 0 Å². The molecule has 3 aromatic rings. The Morgan fingerprint density at radius 1 is 1.15 bits per heavy atom. The normalized spacial score (nSPS) is 10.4. The fourth-order valence-corrected chi connectivity index (χ4v) is 2.25. The summed E-state index contributed by atoms with van der Waals surface area (Å²) in [6.07, 6.45) is 3.92. The highest BCUT2D eigenvalue weighted by atomic mass is 16.6. The summed E-state index contributed by atoms with van der Waals surface area (Å²) in [7, 11) is 1.72. The van der Waals surface area contributed by atoms with Crippen molar-refractivity contribution in [1.29, 1.82) is 0 Å². The van der Waals surface area contributed by atoms with Crippen LogP contribution in [0.1, 0.15) is 10.5 Å². The molecule has 0 spiro atoms. The third-order valence-corrected chi connectivity index (χ3v) is 3.51. The first-order chi connectivity index (χ1) is 12.9. The predicted molar refractivity (Wildman–Crippen MR) is 95.1 cm³/mol. The van der Waals surface area contributed by atoms with Crippen LogP contribution in [0.15, 0.2) is 48.9 Å². The number of hydrogen-bond acceptors (Lipinski definition) is 6. The van der Waals surface area contributed by atoms with E-state index in [2.05, 4.69) is 20.8 Å². The van der Waals surface area contributed by atoms with Crippen LogP contribution in [0.25, 0.3) is 0 Å². The van der Waals surface area contributed by atoms with Crippen molar-refractivity contribution in [3.05, 3.63) is 64.7 Å². The predicted octanol–water partition coefficient (Wildman–Crippen LogP) is 1.42. The van der Waals surface area contributed by atoms with Gasteiger partial charge in [0.15, 0.2) is 5.69 Å². The number of carbonyl (C=O) groups excluding carboxylic acids is 2. The van der Waals surface area contributed by atoms with E-state index in [4.69, 9.17) is 0 Å².